The van der Waals surface area contributed by atoms with E-state index in [4.69, 9.17) is 10.8 Å². The van der Waals surface area contributed by atoms with E-state index in [0.717, 1.165) is 5.56 Å². The fourth-order valence-electron chi connectivity index (χ4n) is 1.50. The van der Waals surface area contributed by atoms with Gasteiger partial charge in [0.1, 0.15) is 4.90 Å². The Balaban J connectivity index is 3.00. The maximum Gasteiger partial charge on any atom is 0.242 e. The number of rotatable bonds is 5. The van der Waals surface area contributed by atoms with Gasteiger partial charge in [-0.15, -0.1) is 0 Å². The van der Waals surface area contributed by atoms with E-state index in [1.807, 2.05) is 6.92 Å². The number of anilines is 1. The lowest BCUT2D eigenvalue weighted by Gasteiger charge is -2.19. The summed E-state index contributed by atoms with van der Waals surface area (Å²) in [5, 5.41) is 9.00. The average Bonchev–Trinajstić information content (AvgIpc) is 2.26. The highest BCUT2D eigenvalue weighted by Gasteiger charge is 2.22. The number of hydrogen-bond donors (Lipinski definition) is 3. The van der Waals surface area contributed by atoms with Gasteiger partial charge in [-0.1, -0.05) is 13.0 Å². The van der Waals surface area contributed by atoms with Crippen LogP contribution in [0.2, 0.25) is 0 Å². The van der Waals surface area contributed by atoms with Gasteiger partial charge in [0.15, 0.2) is 0 Å². The molecule has 0 aliphatic rings. The molecule has 0 saturated heterocycles. The third-order valence-electron chi connectivity index (χ3n) is 2.94. The first kappa shape index (κ1) is 14.9. The SMILES string of the molecule is Cc1ccc(S(=O)(=O)NC(C)C(C)CO)c(N)c1. The summed E-state index contributed by atoms with van der Waals surface area (Å²) in [6.45, 7) is 5.25. The Kier molecular flexibility index (Phi) is 4.72. The molecule has 2 atom stereocenters. The summed E-state index contributed by atoms with van der Waals surface area (Å²) >= 11 is 0. The molecule has 0 bridgehead atoms. The van der Waals surface area contributed by atoms with Crippen molar-refractivity contribution in [3.8, 4) is 0 Å². The van der Waals surface area contributed by atoms with Gasteiger partial charge in [0.05, 0.1) is 5.69 Å². The van der Waals surface area contributed by atoms with Crippen LogP contribution < -0.4 is 10.5 Å². The molecule has 0 radical (unpaired) electrons. The lowest BCUT2D eigenvalue weighted by Crippen LogP contribution is -2.38. The van der Waals surface area contributed by atoms with E-state index in [0.29, 0.717) is 0 Å². The molecule has 6 heteroatoms. The molecule has 0 aromatic heterocycles. The van der Waals surface area contributed by atoms with Crippen LogP contribution in [0.5, 0.6) is 0 Å². The van der Waals surface area contributed by atoms with Crippen molar-refractivity contribution in [2.45, 2.75) is 31.7 Å². The van der Waals surface area contributed by atoms with Crippen LogP contribution in [-0.2, 0) is 10.0 Å². The number of nitrogens with one attached hydrogen (secondary N) is 1. The van der Waals surface area contributed by atoms with Crippen LogP contribution in [0.4, 0.5) is 5.69 Å². The maximum atomic E-state index is 12.1. The first-order chi connectivity index (χ1) is 8.27. The number of aliphatic hydroxyl groups is 1. The minimum absolute atomic E-state index is 0.0742. The highest BCUT2D eigenvalue weighted by Crippen LogP contribution is 2.20. The molecule has 0 amide bonds. The molecule has 1 aromatic carbocycles. The number of sulfonamides is 1. The van der Waals surface area contributed by atoms with Gasteiger partial charge in [0, 0.05) is 12.6 Å². The van der Waals surface area contributed by atoms with Crippen LogP contribution in [-0.4, -0.2) is 26.2 Å². The normalized spacial score (nSPS) is 15.3. The molecular weight excluding hydrogens is 252 g/mol. The summed E-state index contributed by atoms with van der Waals surface area (Å²) in [4.78, 5) is 0.0742. The van der Waals surface area contributed by atoms with Crippen LogP contribution in [0.1, 0.15) is 19.4 Å². The van der Waals surface area contributed by atoms with Crippen molar-refractivity contribution < 1.29 is 13.5 Å². The molecular formula is C12H20N2O3S. The van der Waals surface area contributed by atoms with Gasteiger partial charge in [0.25, 0.3) is 0 Å². The Morgan fingerprint density at radius 3 is 2.50 bits per heavy atom. The second-order valence-electron chi connectivity index (χ2n) is 4.61. The van der Waals surface area contributed by atoms with E-state index in [9.17, 15) is 8.42 Å². The minimum Gasteiger partial charge on any atom is -0.398 e. The molecule has 2 unspecified atom stereocenters. The topological polar surface area (TPSA) is 92.4 Å². The van der Waals surface area contributed by atoms with Gasteiger partial charge >= 0.3 is 0 Å². The Morgan fingerprint density at radius 1 is 1.39 bits per heavy atom. The van der Waals surface area contributed by atoms with Crippen molar-refractivity contribution in [3.63, 3.8) is 0 Å². The van der Waals surface area contributed by atoms with Crippen LogP contribution in [0.25, 0.3) is 0 Å². The van der Waals surface area contributed by atoms with Gasteiger partial charge in [-0.05, 0) is 37.5 Å². The number of aliphatic hydroxyl groups excluding tert-OH is 1. The van der Waals surface area contributed by atoms with Crippen molar-refractivity contribution in [1.82, 2.24) is 4.72 Å². The second-order valence-corrected chi connectivity index (χ2v) is 6.29. The summed E-state index contributed by atoms with van der Waals surface area (Å²) in [5.41, 5.74) is 6.86. The van der Waals surface area contributed by atoms with E-state index in [1.165, 1.54) is 6.07 Å². The molecule has 0 aliphatic heterocycles. The van der Waals surface area contributed by atoms with Gasteiger partial charge in [0.2, 0.25) is 10.0 Å². The van der Waals surface area contributed by atoms with E-state index >= 15 is 0 Å². The molecule has 0 spiro atoms. The fraction of sp³-hybridized carbons (Fsp3) is 0.500. The summed E-state index contributed by atoms with van der Waals surface area (Å²) in [5.74, 6) is -0.161. The third-order valence-corrected chi connectivity index (χ3v) is 4.57. The zero-order valence-electron chi connectivity index (χ0n) is 10.8. The summed E-state index contributed by atoms with van der Waals surface area (Å²) in [7, 11) is -3.65. The van der Waals surface area contributed by atoms with Crippen molar-refractivity contribution in [1.29, 1.82) is 0 Å². The molecule has 0 saturated carbocycles. The summed E-state index contributed by atoms with van der Waals surface area (Å²) in [6, 6.07) is 4.45. The van der Waals surface area contributed by atoms with E-state index in [1.54, 1.807) is 26.0 Å². The standard InChI is InChI=1S/C12H20N2O3S/c1-8-4-5-12(11(13)6-8)18(16,17)14-10(3)9(2)7-15/h4-6,9-10,14-15H,7,13H2,1-3H3. The third kappa shape index (κ3) is 3.44. The molecule has 0 aliphatic carbocycles. The lowest BCUT2D eigenvalue weighted by molar-refractivity contribution is 0.216. The number of nitrogen functional groups attached to an aromatic ring is 1. The number of hydrogen-bond acceptors (Lipinski definition) is 4. The van der Waals surface area contributed by atoms with Crippen LogP contribution in [0.3, 0.4) is 0 Å². The fourth-order valence-corrected chi connectivity index (χ4v) is 2.96. The number of aryl methyl sites for hydroxylation is 1. The smallest absolute Gasteiger partial charge is 0.242 e. The Bertz CT molecular complexity index is 514. The minimum atomic E-state index is -3.65. The second kappa shape index (κ2) is 5.69. The molecule has 102 valence electrons. The molecule has 0 heterocycles. The molecule has 1 aromatic rings. The summed E-state index contributed by atoms with van der Waals surface area (Å²) in [6.07, 6.45) is 0. The molecule has 0 fully saturated rings. The van der Waals surface area contributed by atoms with Gasteiger partial charge in [-0.25, -0.2) is 13.1 Å². The van der Waals surface area contributed by atoms with E-state index in [2.05, 4.69) is 4.72 Å². The highest BCUT2D eigenvalue weighted by atomic mass is 32.2. The first-order valence-corrected chi connectivity index (χ1v) is 7.25. The Labute approximate surface area is 108 Å². The zero-order valence-corrected chi connectivity index (χ0v) is 11.7. The Morgan fingerprint density at radius 2 is 2.00 bits per heavy atom. The average molecular weight is 272 g/mol. The van der Waals surface area contributed by atoms with Gasteiger partial charge < -0.3 is 10.8 Å². The zero-order chi connectivity index (χ0) is 13.9. The van der Waals surface area contributed by atoms with Crippen molar-refractivity contribution in [2.75, 3.05) is 12.3 Å². The predicted molar refractivity (Wildman–Crippen MR) is 71.6 cm³/mol. The Hall–Kier alpha value is -1.11. The van der Waals surface area contributed by atoms with Crippen LogP contribution in [0, 0.1) is 12.8 Å². The van der Waals surface area contributed by atoms with Crippen molar-refractivity contribution >= 4 is 15.7 Å². The summed E-state index contributed by atoms with van der Waals surface area (Å²) < 4.78 is 26.8. The van der Waals surface area contributed by atoms with Gasteiger partial charge in [-0.3, -0.25) is 0 Å². The number of benzene rings is 1. The molecule has 4 N–H and O–H groups in total. The first-order valence-electron chi connectivity index (χ1n) is 5.77. The van der Waals surface area contributed by atoms with E-state index in [-0.39, 0.29) is 29.1 Å². The molecule has 5 nitrogen and oxygen atoms in total. The highest BCUT2D eigenvalue weighted by molar-refractivity contribution is 7.89. The van der Waals surface area contributed by atoms with Gasteiger partial charge in [-0.2, -0.15) is 0 Å². The van der Waals surface area contributed by atoms with Crippen LogP contribution in [0.15, 0.2) is 23.1 Å². The number of nitrogens with two attached hydrogens (primary N) is 1. The van der Waals surface area contributed by atoms with Crippen LogP contribution >= 0.6 is 0 Å². The van der Waals surface area contributed by atoms with Crippen molar-refractivity contribution in [3.05, 3.63) is 23.8 Å². The largest absolute Gasteiger partial charge is 0.398 e. The molecule has 18 heavy (non-hydrogen) atoms. The predicted octanol–water partition coefficient (Wildman–Crippen LogP) is 0.872. The molecule has 1 rings (SSSR count). The monoisotopic (exact) mass is 272 g/mol. The maximum absolute atomic E-state index is 12.1. The quantitative estimate of drug-likeness (QED) is 0.694. The van der Waals surface area contributed by atoms with Crippen molar-refractivity contribution in [2.24, 2.45) is 5.92 Å². The van der Waals surface area contributed by atoms with E-state index < -0.39 is 10.0 Å². The lowest BCUT2D eigenvalue weighted by atomic mass is 10.1.